The molecular formula is C16H27NO2. The Labute approximate surface area is 117 Å². The van der Waals surface area contributed by atoms with Crippen molar-refractivity contribution in [2.24, 2.45) is 0 Å². The highest BCUT2D eigenvalue weighted by Crippen LogP contribution is 2.36. The van der Waals surface area contributed by atoms with E-state index >= 15 is 0 Å². The Morgan fingerprint density at radius 1 is 1.11 bits per heavy atom. The molecule has 1 aromatic carbocycles. The molecule has 1 N–H and O–H groups in total. The second-order valence-corrected chi connectivity index (χ2v) is 4.73. The predicted molar refractivity (Wildman–Crippen MR) is 80.1 cm³/mol. The van der Waals surface area contributed by atoms with E-state index in [4.69, 9.17) is 9.47 Å². The molecule has 0 aliphatic heterocycles. The number of nitrogens with one attached hydrogen (secondary N) is 1. The second-order valence-electron chi connectivity index (χ2n) is 4.73. The summed E-state index contributed by atoms with van der Waals surface area (Å²) in [5.41, 5.74) is 1.20. The monoisotopic (exact) mass is 265 g/mol. The first-order valence-electron chi connectivity index (χ1n) is 7.22. The SMILES string of the molecule is CCCCC(NCCC)c1cccc(OC)c1OC. The summed E-state index contributed by atoms with van der Waals surface area (Å²) < 4.78 is 10.9. The van der Waals surface area contributed by atoms with Gasteiger partial charge in [0.15, 0.2) is 11.5 Å². The lowest BCUT2D eigenvalue weighted by Crippen LogP contribution is -2.22. The highest BCUT2D eigenvalue weighted by Gasteiger charge is 2.17. The summed E-state index contributed by atoms with van der Waals surface area (Å²) in [6.45, 7) is 5.43. The molecule has 0 amide bonds. The van der Waals surface area contributed by atoms with Gasteiger partial charge in [0, 0.05) is 11.6 Å². The van der Waals surface area contributed by atoms with Gasteiger partial charge in [-0.25, -0.2) is 0 Å². The zero-order valence-electron chi connectivity index (χ0n) is 12.7. The van der Waals surface area contributed by atoms with Crippen LogP contribution in [0, 0.1) is 0 Å². The Hall–Kier alpha value is -1.22. The van der Waals surface area contributed by atoms with E-state index in [1.165, 1.54) is 18.4 Å². The number of benzene rings is 1. The summed E-state index contributed by atoms with van der Waals surface area (Å²) >= 11 is 0. The van der Waals surface area contributed by atoms with Crippen LogP contribution in [0.4, 0.5) is 0 Å². The van der Waals surface area contributed by atoms with Gasteiger partial charge in [0.1, 0.15) is 0 Å². The minimum Gasteiger partial charge on any atom is -0.493 e. The van der Waals surface area contributed by atoms with Crippen LogP contribution in [-0.4, -0.2) is 20.8 Å². The van der Waals surface area contributed by atoms with Crippen molar-refractivity contribution in [3.05, 3.63) is 23.8 Å². The number of hydrogen-bond acceptors (Lipinski definition) is 3. The van der Waals surface area contributed by atoms with Crippen LogP contribution in [0.3, 0.4) is 0 Å². The standard InChI is InChI=1S/C16H27NO2/c1-5-7-10-14(17-12-6-2)13-9-8-11-15(18-3)16(13)19-4/h8-9,11,14,17H,5-7,10,12H2,1-4H3. The molecule has 0 aromatic heterocycles. The number of para-hydroxylation sites is 1. The molecule has 1 unspecified atom stereocenters. The second kappa shape index (κ2) is 8.81. The molecule has 0 bridgehead atoms. The molecule has 3 nitrogen and oxygen atoms in total. The fraction of sp³-hybridized carbons (Fsp3) is 0.625. The molecule has 0 saturated carbocycles. The molecule has 1 aromatic rings. The normalized spacial score (nSPS) is 12.2. The zero-order valence-corrected chi connectivity index (χ0v) is 12.7. The minimum atomic E-state index is 0.338. The van der Waals surface area contributed by atoms with Crippen molar-refractivity contribution in [3.8, 4) is 11.5 Å². The molecule has 1 rings (SSSR count). The number of unbranched alkanes of at least 4 members (excludes halogenated alkanes) is 1. The Balaban J connectivity index is 2.98. The van der Waals surface area contributed by atoms with Crippen LogP contribution in [0.5, 0.6) is 11.5 Å². The maximum Gasteiger partial charge on any atom is 0.165 e. The average molecular weight is 265 g/mol. The maximum absolute atomic E-state index is 5.54. The molecule has 0 aliphatic carbocycles. The molecular weight excluding hydrogens is 238 g/mol. The van der Waals surface area contributed by atoms with E-state index in [2.05, 4.69) is 25.2 Å². The van der Waals surface area contributed by atoms with E-state index in [-0.39, 0.29) is 0 Å². The molecule has 1 atom stereocenters. The van der Waals surface area contributed by atoms with Gasteiger partial charge in [-0.3, -0.25) is 0 Å². The van der Waals surface area contributed by atoms with Crippen molar-refractivity contribution < 1.29 is 9.47 Å². The molecule has 19 heavy (non-hydrogen) atoms. The van der Waals surface area contributed by atoms with Crippen LogP contribution < -0.4 is 14.8 Å². The summed E-state index contributed by atoms with van der Waals surface area (Å²) in [4.78, 5) is 0. The third kappa shape index (κ3) is 4.43. The predicted octanol–water partition coefficient (Wildman–Crippen LogP) is 3.93. The number of hydrogen-bond donors (Lipinski definition) is 1. The first-order chi connectivity index (χ1) is 9.28. The van der Waals surface area contributed by atoms with Crippen LogP contribution in [0.25, 0.3) is 0 Å². The third-order valence-corrected chi connectivity index (χ3v) is 3.30. The van der Waals surface area contributed by atoms with E-state index in [1.807, 2.05) is 12.1 Å². The molecule has 0 spiro atoms. The Kier molecular flexibility index (Phi) is 7.34. The van der Waals surface area contributed by atoms with Crippen LogP contribution in [0.2, 0.25) is 0 Å². The summed E-state index contributed by atoms with van der Waals surface area (Å²) in [6, 6.07) is 6.44. The van der Waals surface area contributed by atoms with Gasteiger partial charge in [-0.2, -0.15) is 0 Å². The van der Waals surface area contributed by atoms with Gasteiger partial charge in [0.25, 0.3) is 0 Å². The zero-order chi connectivity index (χ0) is 14.1. The van der Waals surface area contributed by atoms with Gasteiger partial charge in [0.2, 0.25) is 0 Å². The van der Waals surface area contributed by atoms with Crippen molar-refractivity contribution in [3.63, 3.8) is 0 Å². The van der Waals surface area contributed by atoms with Gasteiger partial charge < -0.3 is 14.8 Å². The largest absolute Gasteiger partial charge is 0.493 e. The van der Waals surface area contributed by atoms with E-state index < -0.39 is 0 Å². The van der Waals surface area contributed by atoms with E-state index in [0.717, 1.165) is 30.9 Å². The smallest absolute Gasteiger partial charge is 0.165 e. The molecule has 0 radical (unpaired) electrons. The van der Waals surface area contributed by atoms with Crippen LogP contribution in [-0.2, 0) is 0 Å². The van der Waals surface area contributed by atoms with Crippen LogP contribution >= 0.6 is 0 Å². The first-order valence-corrected chi connectivity index (χ1v) is 7.22. The average Bonchev–Trinajstić information content (AvgIpc) is 2.46. The van der Waals surface area contributed by atoms with Gasteiger partial charge in [0.05, 0.1) is 14.2 Å². The van der Waals surface area contributed by atoms with Gasteiger partial charge in [-0.15, -0.1) is 0 Å². The van der Waals surface area contributed by atoms with Gasteiger partial charge in [-0.05, 0) is 25.5 Å². The van der Waals surface area contributed by atoms with E-state index in [1.54, 1.807) is 14.2 Å². The van der Waals surface area contributed by atoms with Crippen LogP contribution in [0.1, 0.15) is 51.1 Å². The topological polar surface area (TPSA) is 30.5 Å². The van der Waals surface area contributed by atoms with Crippen molar-refractivity contribution >= 4 is 0 Å². The van der Waals surface area contributed by atoms with Crippen molar-refractivity contribution in [2.45, 2.75) is 45.6 Å². The van der Waals surface area contributed by atoms with E-state index in [9.17, 15) is 0 Å². The summed E-state index contributed by atoms with van der Waals surface area (Å²) in [5, 5.41) is 3.61. The van der Waals surface area contributed by atoms with Crippen LogP contribution in [0.15, 0.2) is 18.2 Å². The highest BCUT2D eigenvalue weighted by atomic mass is 16.5. The van der Waals surface area contributed by atoms with Crippen molar-refractivity contribution in [1.82, 2.24) is 5.32 Å². The van der Waals surface area contributed by atoms with Crippen molar-refractivity contribution in [1.29, 1.82) is 0 Å². The lowest BCUT2D eigenvalue weighted by atomic mass is 9.99. The first kappa shape index (κ1) is 15.8. The highest BCUT2D eigenvalue weighted by molar-refractivity contribution is 5.48. The molecule has 0 saturated heterocycles. The third-order valence-electron chi connectivity index (χ3n) is 3.30. The fourth-order valence-corrected chi connectivity index (χ4v) is 2.28. The lowest BCUT2D eigenvalue weighted by Gasteiger charge is -2.22. The number of ether oxygens (including phenoxy) is 2. The maximum atomic E-state index is 5.54. The lowest BCUT2D eigenvalue weighted by molar-refractivity contribution is 0.344. The molecule has 108 valence electrons. The summed E-state index contributed by atoms with van der Waals surface area (Å²) in [7, 11) is 3.39. The molecule has 0 fully saturated rings. The molecule has 3 heteroatoms. The fourth-order valence-electron chi connectivity index (χ4n) is 2.28. The number of rotatable bonds is 9. The molecule has 0 heterocycles. The van der Waals surface area contributed by atoms with Gasteiger partial charge in [-0.1, -0.05) is 38.8 Å². The molecule has 0 aliphatic rings. The van der Waals surface area contributed by atoms with Gasteiger partial charge >= 0.3 is 0 Å². The summed E-state index contributed by atoms with van der Waals surface area (Å²) in [6.07, 6.45) is 4.67. The Morgan fingerprint density at radius 3 is 2.47 bits per heavy atom. The van der Waals surface area contributed by atoms with E-state index in [0.29, 0.717) is 6.04 Å². The number of methoxy groups -OCH3 is 2. The quantitative estimate of drug-likeness (QED) is 0.733. The summed E-state index contributed by atoms with van der Waals surface area (Å²) in [5.74, 6) is 1.66. The Morgan fingerprint density at radius 2 is 1.89 bits per heavy atom. The minimum absolute atomic E-state index is 0.338. The van der Waals surface area contributed by atoms with Crippen molar-refractivity contribution in [2.75, 3.05) is 20.8 Å². The Bertz CT molecular complexity index is 358.